The van der Waals surface area contributed by atoms with Crippen LogP contribution in [0.4, 0.5) is 0 Å². The quantitative estimate of drug-likeness (QED) is 0.436. The highest BCUT2D eigenvalue weighted by Crippen LogP contribution is 2.38. The normalized spacial score (nSPS) is 10.0. The minimum absolute atomic E-state index is 0.108. The van der Waals surface area contributed by atoms with Crippen LogP contribution in [0.15, 0.2) is 24.3 Å². The molecule has 114 valence electrons. The standard InChI is InChI=1S/C11H8Br2ClNS.C3H6O2/c1-6-9(16-11(15-6)10(12)13)7-3-2-4-8(14)5-7;1-2-5-3-4/h2-5,10H,1H3;3H,2H2,1H3. The largest absolute Gasteiger partial charge is 0.468 e. The number of halogens is 3. The molecule has 0 unspecified atom stereocenters. The van der Waals surface area contributed by atoms with E-state index in [4.69, 9.17) is 11.6 Å². The van der Waals surface area contributed by atoms with Crippen LogP contribution in [0.25, 0.3) is 10.4 Å². The summed E-state index contributed by atoms with van der Waals surface area (Å²) in [6.45, 7) is 4.68. The molecule has 1 aromatic carbocycles. The third-order valence-corrected chi connectivity index (χ3v) is 5.30. The van der Waals surface area contributed by atoms with Crippen LogP contribution >= 0.6 is 54.8 Å². The van der Waals surface area contributed by atoms with Gasteiger partial charge in [-0.05, 0) is 31.5 Å². The monoisotopic (exact) mass is 453 g/mol. The van der Waals surface area contributed by atoms with Crippen molar-refractivity contribution in [1.29, 1.82) is 0 Å². The van der Waals surface area contributed by atoms with Crippen molar-refractivity contribution in [1.82, 2.24) is 4.98 Å². The van der Waals surface area contributed by atoms with E-state index in [1.807, 2.05) is 31.2 Å². The smallest absolute Gasteiger partial charge is 0.293 e. The van der Waals surface area contributed by atoms with Crippen LogP contribution in [0.5, 0.6) is 0 Å². The van der Waals surface area contributed by atoms with Crippen LogP contribution in [0.3, 0.4) is 0 Å². The van der Waals surface area contributed by atoms with Gasteiger partial charge in [-0.2, -0.15) is 0 Å². The Bertz CT molecular complexity index is 590. The summed E-state index contributed by atoms with van der Waals surface area (Å²) in [6.07, 6.45) is 0. The van der Waals surface area contributed by atoms with Gasteiger partial charge in [-0.15, -0.1) is 11.3 Å². The van der Waals surface area contributed by atoms with Crippen LogP contribution < -0.4 is 0 Å². The average molecular weight is 456 g/mol. The van der Waals surface area contributed by atoms with Crippen LogP contribution in [0.2, 0.25) is 5.02 Å². The van der Waals surface area contributed by atoms with E-state index in [0.717, 1.165) is 21.3 Å². The van der Waals surface area contributed by atoms with Gasteiger partial charge < -0.3 is 4.74 Å². The summed E-state index contributed by atoms with van der Waals surface area (Å²) < 4.78 is 4.26. The molecule has 0 amide bonds. The van der Waals surface area contributed by atoms with Gasteiger partial charge in [0.25, 0.3) is 6.47 Å². The Kier molecular flexibility index (Phi) is 8.48. The molecule has 0 fully saturated rings. The van der Waals surface area contributed by atoms with Crippen LogP contribution in [-0.2, 0) is 9.53 Å². The molecule has 0 atom stereocenters. The lowest BCUT2D eigenvalue weighted by Gasteiger charge is -1.98. The van der Waals surface area contributed by atoms with Gasteiger partial charge in [0.05, 0.1) is 17.2 Å². The van der Waals surface area contributed by atoms with Crippen molar-refractivity contribution in [2.45, 2.75) is 17.6 Å². The third-order valence-electron chi connectivity index (χ3n) is 2.32. The van der Waals surface area contributed by atoms with Crippen molar-refractivity contribution in [3.63, 3.8) is 0 Å². The van der Waals surface area contributed by atoms with Crippen molar-refractivity contribution >= 4 is 61.3 Å². The third kappa shape index (κ3) is 6.06. The first-order chi connectivity index (χ1) is 9.99. The van der Waals surface area contributed by atoms with E-state index >= 15 is 0 Å². The van der Waals surface area contributed by atoms with Gasteiger partial charge in [-0.1, -0.05) is 55.6 Å². The van der Waals surface area contributed by atoms with Gasteiger partial charge in [0.2, 0.25) is 0 Å². The molecule has 0 aliphatic rings. The zero-order valence-electron chi connectivity index (χ0n) is 11.5. The highest BCUT2D eigenvalue weighted by molar-refractivity contribution is 9.24. The molecular formula is C14H14Br2ClNO2S. The molecule has 2 rings (SSSR count). The molecule has 0 radical (unpaired) electrons. The maximum Gasteiger partial charge on any atom is 0.293 e. The fraction of sp³-hybridized carbons (Fsp3) is 0.286. The first-order valence-electron chi connectivity index (χ1n) is 6.06. The van der Waals surface area contributed by atoms with E-state index in [2.05, 4.69) is 41.6 Å². The predicted molar refractivity (Wildman–Crippen MR) is 95.6 cm³/mol. The Morgan fingerprint density at radius 2 is 2.19 bits per heavy atom. The zero-order valence-corrected chi connectivity index (χ0v) is 16.2. The second kappa shape index (κ2) is 9.56. The summed E-state index contributed by atoms with van der Waals surface area (Å²) in [5, 5.41) is 1.77. The Balaban J connectivity index is 0.000000383. The minimum Gasteiger partial charge on any atom is -0.468 e. The van der Waals surface area contributed by atoms with Gasteiger partial charge in [-0.25, -0.2) is 4.98 Å². The van der Waals surface area contributed by atoms with E-state index in [0.29, 0.717) is 13.1 Å². The topological polar surface area (TPSA) is 39.2 Å². The van der Waals surface area contributed by atoms with Crippen molar-refractivity contribution < 1.29 is 9.53 Å². The summed E-state index contributed by atoms with van der Waals surface area (Å²) in [5.74, 6) is 0. The van der Waals surface area contributed by atoms with Gasteiger partial charge in [0.15, 0.2) is 0 Å². The molecule has 0 bridgehead atoms. The Morgan fingerprint density at radius 3 is 2.62 bits per heavy atom. The summed E-state index contributed by atoms with van der Waals surface area (Å²) in [4.78, 5) is 14.8. The molecule has 0 N–H and O–H groups in total. The highest BCUT2D eigenvalue weighted by atomic mass is 79.9. The first kappa shape index (κ1) is 18.6. The average Bonchev–Trinajstić information content (AvgIpc) is 2.83. The van der Waals surface area contributed by atoms with Crippen LogP contribution in [0.1, 0.15) is 21.4 Å². The Hall–Kier alpha value is -0.430. The molecule has 0 aliphatic heterocycles. The molecule has 1 aromatic heterocycles. The lowest BCUT2D eigenvalue weighted by Crippen LogP contribution is -1.80. The number of carbonyl (C=O) groups excluding carboxylic acids is 1. The van der Waals surface area contributed by atoms with E-state index < -0.39 is 0 Å². The van der Waals surface area contributed by atoms with Crippen LogP contribution in [-0.4, -0.2) is 18.1 Å². The molecule has 1 heterocycles. The molecule has 0 saturated heterocycles. The summed E-state index contributed by atoms with van der Waals surface area (Å²) >= 11 is 14.6. The number of carbonyl (C=O) groups is 1. The number of aromatic nitrogens is 1. The number of ether oxygens (including phenoxy) is 1. The fourth-order valence-electron chi connectivity index (χ4n) is 1.48. The SMILES string of the molecule is CCOC=O.Cc1nc(C(Br)Br)sc1-c1cccc(Cl)c1. The number of nitrogens with zero attached hydrogens (tertiary/aromatic N) is 1. The predicted octanol–water partition coefficient (Wildman–Crippen LogP) is 5.74. The molecule has 0 aliphatic carbocycles. The molecule has 2 aromatic rings. The van der Waals surface area contributed by atoms with Gasteiger partial charge in [0, 0.05) is 5.02 Å². The molecule has 7 heteroatoms. The van der Waals surface area contributed by atoms with E-state index in [-0.39, 0.29) is 3.74 Å². The van der Waals surface area contributed by atoms with Gasteiger partial charge >= 0.3 is 0 Å². The van der Waals surface area contributed by atoms with E-state index in [9.17, 15) is 4.79 Å². The van der Waals surface area contributed by atoms with Gasteiger partial charge in [0.1, 0.15) is 8.74 Å². The highest BCUT2D eigenvalue weighted by Gasteiger charge is 2.13. The first-order valence-corrected chi connectivity index (χ1v) is 9.08. The van der Waals surface area contributed by atoms with Crippen molar-refractivity contribution in [2.24, 2.45) is 0 Å². The number of alkyl halides is 2. The van der Waals surface area contributed by atoms with E-state index in [1.165, 1.54) is 4.88 Å². The maximum atomic E-state index is 9.18. The fourth-order valence-corrected chi connectivity index (χ4v) is 3.35. The number of hydrogen-bond acceptors (Lipinski definition) is 4. The molecule has 0 saturated carbocycles. The number of rotatable bonds is 4. The van der Waals surface area contributed by atoms with Crippen LogP contribution in [0, 0.1) is 6.92 Å². The Labute approximate surface area is 149 Å². The summed E-state index contributed by atoms with van der Waals surface area (Å²) in [7, 11) is 0. The molecular weight excluding hydrogens is 441 g/mol. The van der Waals surface area contributed by atoms with Crippen molar-refractivity contribution in [3.8, 4) is 10.4 Å². The van der Waals surface area contributed by atoms with Gasteiger partial charge in [-0.3, -0.25) is 4.79 Å². The number of thiazole rings is 1. The second-order valence-electron chi connectivity index (χ2n) is 3.83. The Morgan fingerprint density at radius 1 is 1.48 bits per heavy atom. The lowest BCUT2D eigenvalue weighted by molar-refractivity contribution is -0.128. The summed E-state index contributed by atoms with van der Waals surface area (Å²) in [5.41, 5.74) is 2.15. The maximum absolute atomic E-state index is 9.18. The molecule has 3 nitrogen and oxygen atoms in total. The zero-order chi connectivity index (χ0) is 15.8. The minimum atomic E-state index is 0.108. The summed E-state index contributed by atoms with van der Waals surface area (Å²) in [6, 6.07) is 7.84. The van der Waals surface area contributed by atoms with Crippen molar-refractivity contribution in [3.05, 3.63) is 40.0 Å². The number of hydrogen-bond donors (Lipinski definition) is 0. The molecule has 0 spiro atoms. The second-order valence-corrected chi connectivity index (χ2v) is 8.36. The lowest BCUT2D eigenvalue weighted by atomic mass is 10.2. The number of aryl methyl sites for hydroxylation is 1. The number of benzene rings is 1. The van der Waals surface area contributed by atoms with Crippen molar-refractivity contribution in [2.75, 3.05) is 6.61 Å². The van der Waals surface area contributed by atoms with E-state index in [1.54, 1.807) is 18.3 Å². The molecule has 21 heavy (non-hydrogen) atoms.